The van der Waals surface area contributed by atoms with Gasteiger partial charge in [0.05, 0.1) is 23.4 Å². The topological polar surface area (TPSA) is 92.8 Å². The van der Waals surface area contributed by atoms with Crippen LogP contribution in [0.5, 0.6) is 0 Å². The maximum absolute atomic E-state index is 12.9. The molecule has 2 aromatic carbocycles. The standard InChI is InChI=1S/C19H21ClN2O5S/c1-4-27-19(24)15-12-14(10-11-16(15)20)21-18(23)17(22(2)28(3,25)26)13-8-6-5-7-9-13/h5-12,17H,4H2,1-3H3,(H,21,23)/t17-/m0/s1. The third-order valence-electron chi connectivity index (χ3n) is 3.98. The minimum atomic E-state index is -3.65. The van der Waals surface area contributed by atoms with Crippen LogP contribution in [-0.4, -0.2) is 44.5 Å². The summed E-state index contributed by atoms with van der Waals surface area (Å²) in [6.07, 6.45) is 1.03. The van der Waals surface area contributed by atoms with Crippen LogP contribution in [0, 0.1) is 0 Å². The molecule has 0 spiro atoms. The lowest BCUT2D eigenvalue weighted by atomic mass is 10.1. The first-order chi connectivity index (χ1) is 13.1. The Morgan fingerprint density at radius 2 is 1.82 bits per heavy atom. The van der Waals surface area contributed by atoms with E-state index in [-0.39, 0.29) is 17.2 Å². The van der Waals surface area contributed by atoms with Gasteiger partial charge in [-0.2, -0.15) is 4.31 Å². The normalized spacial score (nSPS) is 12.5. The first kappa shape index (κ1) is 21.9. The Labute approximate surface area is 169 Å². The molecule has 2 aromatic rings. The van der Waals surface area contributed by atoms with Crippen molar-refractivity contribution in [2.45, 2.75) is 13.0 Å². The maximum Gasteiger partial charge on any atom is 0.339 e. The number of rotatable bonds is 7. The van der Waals surface area contributed by atoms with Crippen LogP contribution < -0.4 is 5.32 Å². The number of nitrogens with zero attached hydrogens (tertiary/aromatic N) is 1. The minimum Gasteiger partial charge on any atom is -0.462 e. The van der Waals surface area contributed by atoms with Crippen LogP contribution >= 0.6 is 11.6 Å². The summed E-state index contributed by atoms with van der Waals surface area (Å²) < 4.78 is 30.0. The summed E-state index contributed by atoms with van der Waals surface area (Å²) in [6, 6.07) is 11.8. The highest BCUT2D eigenvalue weighted by atomic mass is 35.5. The summed E-state index contributed by atoms with van der Waals surface area (Å²) in [5, 5.41) is 2.83. The SMILES string of the molecule is CCOC(=O)c1cc(NC(=O)[C@H](c2ccccc2)N(C)S(C)(=O)=O)ccc1Cl. The molecule has 0 unspecified atom stereocenters. The lowest BCUT2D eigenvalue weighted by Crippen LogP contribution is -2.38. The highest BCUT2D eigenvalue weighted by molar-refractivity contribution is 7.88. The summed E-state index contributed by atoms with van der Waals surface area (Å²) in [5.41, 5.74) is 0.904. The lowest BCUT2D eigenvalue weighted by Gasteiger charge is -2.25. The van der Waals surface area contributed by atoms with E-state index in [0.717, 1.165) is 10.6 Å². The Hall–Kier alpha value is -2.42. The molecule has 0 aliphatic heterocycles. The van der Waals surface area contributed by atoms with Gasteiger partial charge in [0.25, 0.3) is 0 Å². The molecule has 0 aromatic heterocycles. The van der Waals surface area contributed by atoms with Crippen molar-refractivity contribution in [2.75, 3.05) is 25.2 Å². The average molecular weight is 425 g/mol. The number of amides is 1. The molecule has 0 saturated heterocycles. The molecule has 28 heavy (non-hydrogen) atoms. The Morgan fingerprint density at radius 1 is 1.18 bits per heavy atom. The van der Waals surface area contributed by atoms with E-state index < -0.39 is 27.9 Å². The molecule has 0 fully saturated rings. The van der Waals surface area contributed by atoms with Crippen LogP contribution in [0.1, 0.15) is 28.9 Å². The highest BCUT2D eigenvalue weighted by Crippen LogP contribution is 2.26. The van der Waals surface area contributed by atoms with Crippen molar-refractivity contribution in [3.05, 3.63) is 64.7 Å². The third kappa shape index (κ3) is 5.31. The first-order valence-electron chi connectivity index (χ1n) is 8.40. The van der Waals surface area contributed by atoms with Gasteiger partial charge >= 0.3 is 5.97 Å². The van der Waals surface area contributed by atoms with E-state index in [2.05, 4.69) is 5.32 Å². The molecule has 1 amide bonds. The fraction of sp³-hybridized carbons (Fsp3) is 0.263. The van der Waals surface area contributed by atoms with Gasteiger partial charge in [0.1, 0.15) is 6.04 Å². The Morgan fingerprint density at radius 3 is 2.39 bits per heavy atom. The van der Waals surface area contributed by atoms with Gasteiger partial charge in [0.15, 0.2) is 0 Å². The molecule has 0 heterocycles. The molecule has 0 radical (unpaired) electrons. The molecule has 150 valence electrons. The second-order valence-corrected chi connectivity index (χ2v) is 8.45. The number of ether oxygens (including phenoxy) is 1. The first-order valence-corrected chi connectivity index (χ1v) is 10.6. The van der Waals surface area contributed by atoms with Gasteiger partial charge in [-0.1, -0.05) is 41.9 Å². The zero-order valence-corrected chi connectivity index (χ0v) is 17.3. The largest absolute Gasteiger partial charge is 0.462 e. The summed E-state index contributed by atoms with van der Waals surface area (Å²) in [7, 11) is -2.31. The Balaban J connectivity index is 2.36. The zero-order chi connectivity index (χ0) is 20.9. The number of likely N-dealkylation sites (N-methyl/N-ethyl adjacent to an activating group) is 1. The molecule has 0 bridgehead atoms. The summed E-state index contributed by atoms with van der Waals surface area (Å²) in [5.74, 6) is -1.19. The Bertz CT molecular complexity index is 964. The monoisotopic (exact) mass is 424 g/mol. The van der Waals surface area contributed by atoms with E-state index in [9.17, 15) is 18.0 Å². The van der Waals surface area contributed by atoms with E-state index in [1.165, 1.54) is 25.2 Å². The van der Waals surface area contributed by atoms with Crippen molar-refractivity contribution in [1.82, 2.24) is 4.31 Å². The number of nitrogens with one attached hydrogen (secondary N) is 1. The molecule has 7 nitrogen and oxygen atoms in total. The number of hydrogen-bond donors (Lipinski definition) is 1. The summed E-state index contributed by atoms with van der Waals surface area (Å²) >= 11 is 6.03. The second-order valence-electron chi connectivity index (χ2n) is 6.00. The van der Waals surface area contributed by atoms with Crippen molar-refractivity contribution in [3.63, 3.8) is 0 Å². The van der Waals surface area contributed by atoms with Gasteiger partial charge in [0, 0.05) is 12.7 Å². The number of halogens is 1. The second kappa shape index (κ2) is 9.18. The predicted octanol–water partition coefficient (Wildman–Crippen LogP) is 3.09. The molecular weight excluding hydrogens is 404 g/mol. The van der Waals surface area contributed by atoms with E-state index in [4.69, 9.17) is 16.3 Å². The fourth-order valence-corrected chi connectivity index (χ4v) is 3.33. The van der Waals surface area contributed by atoms with Crippen LogP contribution in [0.3, 0.4) is 0 Å². The van der Waals surface area contributed by atoms with Gasteiger partial charge < -0.3 is 10.1 Å². The molecule has 1 atom stereocenters. The number of benzene rings is 2. The summed E-state index contributed by atoms with van der Waals surface area (Å²) in [4.78, 5) is 24.9. The molecular formula is C19H21ClN2O5S. The van der Waals surface area contributed by atoms with Gasteiger partial charge in [-0.15, -0.1) is 0 Å². The smallest absolute Gasteiger partial charge is 0.339 e. The van der Waals surface area contributed by atoms with E-state index in [1.807, 2.05) is 0 Å². The number of esters is 1. The van der Waals surface area contributed by atoms with Crippen LogP contribution in [0.2, 0.25) is 5.02 Å². The zero-order valence-electron chi connectivity index (χ0n) is 15.7. The number of anilines is 1. The van der Waals surface area contributed by atoms with Crippen molar-refractivity contribution >= 4 is 39.2 Å². The van der Waals surface area contributed by atoms with Crippen molar-refractivity contribution in [2.24, 2.45) is 0 Å². The highest BCUT2D eigenvalue weighted by Gasteiger charge is 2.31. The molecule has 1 N–H and O–H groups in total. The number of hydrogen-bond acceptors (Lipinski definition) is 5. The van der Waals surface area contributed by atoms with Crippen molar-refractivity contribution in [3.8, 4) is 0 Å². The molecule has 0 aliphatic rings. The van der Waals surface area contributed by atoms with Gasteiger partial charge in [-0.05, 0) is 30.7 Å². The van der Waals surface area contributed by atoms with E-state index >= 15 is 0 Å². The number of carbonyl (C=O) groups is 2. The summed E-state index contributed by atoms with van der Waals surface area (Å²) in [6.45, 7) is 1.85. The average Bonchev–Trinajstić information content (AvgIpc) is 2.63. The van der Waals surface area contributed by atoms with E-state index in [0.29, 0.717) is 11.3 Å². The quantitative estimate of drug-likeness (QED) is 0.689. The lowest BCUT2D eigenvalue weighted by molar-refractivity contribution is -0.119. The van der Waals surface area contributed by atoms with E-state index in [1.54, 1.807) is 37.3 Å². The van der Waals surface area contributed by atoms with Crippen molar-refractivity contribution in [1.29, 1.82) is 0 Å². The molecule has 0 saturated carbocycles. The molecule has 9 heteroatoms. The third-order valence-corrected chi connectivity index (χ3v) is 5.57. The van der Waals surface area contributed by atoms with Gasteiger partial charge in [-0.3, -0.25) is 4.79 Å². The van der Waals surface area contributed by atoms with Crippen molar-refractivity contribution < 1.29 is 22.7 Å². The van der Waals surface area contributed by atoms with Crippen LogP contribution in [0.25, 0.3) is 0 Å². The van der Waals surface area contributed by atoms with Crippen LogP contribution in [0.4, 0.5) is 5.69 Å². The van der Waals surface area contributed by atoms with Gasteiger partial charge in [0.2, 0.25) is 15.9 Å². The number of carbonyl (C=O) groups excluding carboxylic acids is 2. The fourth-order valence-electron chi connectivity index (χ4n) is 2.53. The Kier molecular flexibility index (Phi) is 7.17. The molecule has 2 rings (SSSR count). The number of sulfonamides is 1. The van der Waals surface area contributed by atoms with Gasteiger partial charge in [-0.25, -0.2) is 13.2 Å². The van der Waals surface area contributed by atoms with Crippen LogP contribution in [0.15, 0.2) is 48.5 Å². The predicted molar refractivity (Wildman–Crippen MR) is 108 cm³/mol. The van der Waals surface area contributed by atoms with Crippen LogP contribution in [-0.2, 0) is 19.6 Å². The molecule has 0 aliphatic carbocycles. The maximum atomic E-state index is 12.9. The minimum absolute atomic E-state index is 0.106.